The normalized spacial score (nSPS) is 12.3. The van der Waals surface area contributed by atoms with Gasteiger partial charge in [-0.3, -0.25) is 14.4 Å². The molecule has 0 saturated carbocycles. The van der Waals surface area contributed by atoms with Crippen molar-refractivity contribution in [1.29, 1.82) is 0 Å². The second kappa shape index (κ2) is 10.2. The molecular weight excluding hydrogens is 356 g/mol. The smallest absolute Gasteiger partial charge is 0.303 e. The SMILES string of the molecule is CCC(C)(C)CCNC(=O)C(CCC(=O)O)NC(=O)c1cccc(Cl)c1. The summed E-state index contributed by atoms with van der Waals surface area (Å²) in [5, 5.41) is 14.7. The molecule has 3 N–H and O–H groups in total. The van der Waals surface area contributed by atoms with Crippen molar-refractivity contribution in [3.63, 3.8) is 0 Å². The van der Waals surface area contributed by atoms with Crippen molar-refractivity contribution in [3.8, 4) is 0 Å². The molecule has 0 aliphatic carbocycles. The standard InChI is InChI=1S/C19H27ClN2O4/c1-4-19(2,3)10-11-21-18(26)15(8-9-16(23)24)22-17(25)13-6-5-7-14(20)12-13/h5-7,12,15H,4,8-11H2,1-3H3,(H,21,26)(H,22,25)(H,23,24). The molecule has 0 aliphatic rings. The fraction of sp³-hybridized carbons (Fsp3) is 0.526. The van der Waals surface area contributed by atoms with Crippen LogP contribution in [0.3, 0.4) is 0 Å². The Balaban J connectivity index is 2.72. The number of carboxylic acid groups (broad SMARTS) is 1. The van der Waals surface area contributed by atoms with Crippen molar-refractivity contribution < 1.29 is 19.5 Å². The molecule has 0 fully saturated rings. The maximum atomic E-state index is 12.4. The van der Waals surface area contributed by atoms with E-state index >= 15 is 0 Å². The number of carboxylic acids is 1. The van der Waals surface area contributed by atoms with Gasteiger partial charge in [-0.2, -0.15) is 0 Å². The van der Waals surface area contributed by atoms with E-state index in [4.69, 9.17) is 16.7 Å². The monoisotopic (exact) mass is 382 g/mol. The van der Waals surface area contributed by atoms with Gasteiger partial charge < -0.3 is 15.7 Å². The van der Waals surface area contributed by atoms with E-state index in [0.29, 0.717) is 17.1 Å². The molecule has 0 saturated heterocycles. The first kappa shape index (κ1) is 22.0. The molecule has 1 unspecified atom stereocenters. The minimum absolute atomic E-state index is 0.0185. The van der Waals surface area contributed by atoms with E-state index in [1.807, 2.05) is 0 Å². The van der Waals surface area contributed by atoms with Crippen LogP contribution in [0.2, 0.25) is 5.02 Å². The van der Waals surface area contributed by atoms with Crippen LogP contribution in [0.15, 0.2) is 24.3 Å². The maximum Gasteiger partial charge on any atom is 0.303 e. The summed E-state index contributed by atoms with van der Waals surface area (Å²) >= 11 is 5.88. The summed E-state index contributed by atoms with van der Waals surface area (Å²) in [6.07, 6.45) is 1.58. The van der Waals surface area contributed by atoms with E-state index in [1.165, 1.54) is 6.07 Å². The molecule has 2 amide bonds. The Morgan fingerprint density at radius 3 is 2.54 bits per heavy atom. The number of rotatable bonds is 10. The lowest BCUT2D eigenvalue weighted by Gasteiger charge is -2.24. The molecular formula is C19H27ClN2O4. The van der Waals surface area contributed by atoms with Crippen molar-refractivity contribution in [1.82, 2.24) is 10.6 Å². The number of amides is 2. The number of carbonyl (C=O) groups is 3. The van der Waals surface area contributed by atoms with Crippen LogP contribution in [0, 0.1) is 5.41 Å². The third kappa shape index (κ3) is 7.87. The van der Waals surface area contributed by atoms with E-state index in [0.717, 1.165) is 12.8 Å². The molecule has 0 aromatic heterocycles. The zero-order chi connectivity index (χ0) is 19.7. The lowest BCUT2D eigenvalue weighted by atomic mass is 9.86. The van der Waals surface area contributed by atoms with Gasteiger partial charge in [-0.15, -0.1) is 0 Å². The van der Waals surface area contributed by atoms with Gasteiger partial charge in [0.15, 0.2) is 0 Å². The molecule has 0 aliphatic heterocycles. The van der Waals surface area contributed by atoms with Gasteiger partial charge in [0.2, 0.25) is 5.91 Å². The van der Waals surface area contributed by atoms with Gasteiger partial charge in [-0.05, 0) is 36.5 Å². The van der Waals surface area contributed by atoms with Gasteiger partial charge in [-0.25, -0.2) is 0 Å². The number of halogens is 1. The van der Waals surface area contributed by atoms with E-state index in [1.54, 1.807) is 18.2 Å². The molecule has 0 bridgehead atoms. The average molecular weight is 383 g/mol. The molecule has 144 valence electrons. The minimum Gasteiger partial charge on any atom is -0.481 e. The highest BCUT2D eigenvalue weighted by Gasteiger charge is 2.23. The van der Waals surface area contributed by atoms with Crippen LogP contribution in [0.1, 0.15) is 56.8 Å². The fourth-order valence-electron chi connectivity index (χ4n) is 2.23. The average Bonchev–Trinajstić information content (AvgIpc) is 2.57. The van der Waals surface area contributed by atoms with E-state index in [9.17, 15) is 14.4 Å². The lowest BCUT2D eigenvalue weighted by Crippen LogP contribution is -2.47. The van der Waals surface area contributed by atoms with Gasteiger partial charge in [0.1, 0.15) is 6.04 Å². The molecule has 0 radical (unpaired) electrons. The van der Waals surface area contributed by atoms with Crippen molar-refractivity contribution in [2.24, 2.45) is 5.41 Å². The van der Waals surface area contributed by atoms with E-state index in [-0.39, 0.29) is 24.2 Å². The van der Waals surface area contributed by atoms with Crippen LogP contribution >= 0.6 is 11.6 Å². The first-order valence-corrected chi connectivity index (χ1v) is 9.08. The van der Waals surface area contributed by atoms with Gasteiger partial charge >= 0.3 is 5.97 Å². The van der Waals surface area contributed by atoms with Crippen LogP contribution in [-0.4, -0.2) is 35.5 Å². The Kier molecular flexibility index (Phi) is 8.58. The van der Waals surface area contributed by atoms with Gasteiger partial charge in [-0.1, -0.05) is 44.9 Å². The number of hydrogen-bond acceptors (Lipinski definition) is 3. The van der Waals surface area contributed by atoms with Gasteiger partial charge in [0.05, 0.1) is 0 Å². The Bertz CT molecular complexity index is 646. The van der Waals surface area contributed by atoms with E-state index < -0.39 is 17.9 Å². The number of benzene rings is 1. The highest BCUT2D eigenvalue weighted by atomic mass is 35.5. The summed E-state index contributed by atoms with van der Waals surface area (Å²) in [4.78, 5) is 35.6. The molecule has 1 rings (SSSR count). The summed E-state index contributed by atoms with van der Waals surface area (Å²) in [6.45, 7) is 6.78. The summed E-state index contributed by atoms with van der Waals surface area (Å²) < 4.78 is 0. The predicted octanol–water partition coefficient (Wildman–Crippen LogP) is 3.25. The van der Waals surface area contributed by atoms with E-state index in [2.05, 4.69) is 31.4 Å². The Morgan fingerprint density at radius 2 is 1.96 bits per heavy atom. The first-order chi connectivity index (χ1) is 12.1. The second-order valence-electron chi connectivity index (χ2n) is 7.03. The predicted molar refractivity (Wildman–Crippen MR) is 101 cm³/mol. The number of hydrogen-bond donors (Lipinski definition) is 3. The van der Waals surface area contributed by atoms with Crippen molar-refractivity contribution >= 4 is 29.4 Å². The topological polar surface area (TPSA) is 95.5 Å². The number of aliphatic carboxylic acids is 1. The van der Waals surface area contributed by atoms with Crippen LogP contribution in [0.4, 0.5) is 0 Å². The summed E-state index contributed by atoms with van der Waals surface area (Å²) in [5.41, 5.74) is 0.422. The van der Waals surface area contributed by atoms with Crippen molar-refractivity contribution in [2.75, 3.05) is 6.54 Å². The van der Waals surface area contributed by atoms with Crippen LogP contribution < -0.4 is 10.6 Å². The highest BCUT2D eigenvalue weighted by molar-refractivity contribution is 6.31. The first-order valence-electron chi connectivity index (χ1n) is 8.70. The molecule has 0 spiro atoms. The van der Waals surface area contributed by atoms with Gasteiger partial charge in [0, 0.05) is 23.6 Å². The summed E-state index contributed by atoms with van der Waals surface area (Å²) in [7, 11) is 0. The van der Waals surface area contributed by atoms with Crippen LogP contribution in [0.5, 0.6) is 0 Å². The van der Waals surface area contributed by atoms with Gasteiger partial charge in [0.25, 0.3) is 5.91 Å². The molecule has 1 aromatic carbocycles. The summed E-state index contributed by atoms with van der Waals surface area (Å²) in [5.74, 6) is -1.87. The lowest BCUT2D eigenvalue weighted by molar-refractivity contribution is -0.137. The third-order valence-corrected chi connectivity index (χ3v) is 4.65. The number of carbonyl (C=O) groups excluding carboxylic acids is 2. The van der Waals surface area contributed by atoms with Crippen molar-refractivity contribution in [3.05, 3.63) is 34.9 Å². The largest absolute Gasteiger partial charge is 0.481 e. The Hall–Kier alpha value is -2.08. The molecule has 7 heteroatoms. The molecule has 0 heterocycles. The van der Waals surface area contributed by atoms with Crippen molar-refractivity contribution in [2.45, 2.75) is 52.5 Å². The molecule has 6 nitrogen and oxygen atoms in total. The second-order valence-corrected chi connectivity index (χ2v) is 7.46. The Morgan fingerprint density at radius 1 is 1.27 bits per heavy atom. The quantitative estimate of drug-likeness (QED) is 0.578. The minimum atomic E-state index is -1.02. The van der Waals surface area contributed by atoms with Crippen LogP contribution in [-0.2, 0) is 9.59 Å². The Labute approximate surface area is 159 Å². The zero-order valence-electron chi connectivity index (χ0n) is 15.5. The third-order valence-electron chi connectivity index (χ3n) is 4.41. The molecule has 1 atom stereocenters. The molecule has 1 aromatic rings. The zero-order valence-corrected chi connectivity index (χ0v) is 16.2. The fourth-order valence-corrected chi connectivity index (χ4v) is 2.42. The maximum absolute atomic E-state index is 12.4. The summed E-state index contributed by atoms with van der Waals surface area (Å²) in [6, 6.07) is 5.44. The highest BCUT2D eigenvalue weighted by Crippen LogP contribution is 2.23. The molecule has 26 heavy (non-hydrogen) atoms. The van der Waals surface area contributed by atoms with Crippen LogP contribution in [0.25, 0.3) is 0 Å². The number of nitrogens with one attached hydrogen (secondary N) is 2.